The number of halogens is 1. The largest absolute Gasteiger partial charge is 0.481 e. The molecule has 1 aromatic rings. The number of hydrogen-bond acceptors (Lipinski definition) is 2. The first-order chi connectivity index (χ1) is 7.99. The highest BCUT2D eigenvalue weighted by Crippen LogP contribution is 2.37. The van der Waals surface area contributed by atoms with Crippen LogP contribution in [0.1, 0.15) is 16.9 Å². The van der Waals surface area contributed by atoms with Crippen molar-refractivity contribution in [3.63, 3.8) is 0 Å². The first-order valence-corrected chi connectivity index (χ1v) is 6.11. The zero-order chi connectivity index (χ0) is 12.6. The van der Waals surface area contributed by atoms with Crippen LogP contribution >= 0.6 is 15.9 Å². The molecule has 6 heteroatoms. The van der Waals surface area contributed by atoms with E-state index in [0.29, 0.717) is 18.7 Å². The Bertz CT molecular complexity index is 469. The average Bonchev–Trinajstić information content (AvgIpc) is 2.95. The standard InChI is InChI=1S/C11H13BrN2O3/c1-14-5-7(12)3-9(14)10(15)13-4-6-2-8(6)11(16)17/h3,5-6,8H,2,4H2,1H3,(H,13,15)(H,16,17)/t6-,8-/m0/s1. The van der Waals surface area contributed by atoms with Gasteiger partial charge in [-0.1, -0.05) is 0 Å². The van der Waals surface area contributed by atoms with Crippen LogP contribution in [-0.4, -0.2) is 28.1 Å². The van der Waals surface area contributed by atoms with Crippen molar-refractivity contribution in [2.75, 3.05) is 6.54 Å². The number of aliphatic carboxylic acids is 1. The van der Waals surface area contributed by atoms with E-state index >= 15 is 0 Å². The second kappa shape index (κ2) is 4.52. The highest BCUT2D eigenvalue weighted by molar-refractivity contribution is 9.10. The van der Waals surface area contributed by atoms with Crippen LogP contribution in [0.4, 0.5) is 0 Å². The molecular weight excluding hydrogens is 288 g/mol. The van der Waals surface area contributed by atoms with Gasteiger partial charge in [-0.05, 0) is 34.3 Å². The monoisotopic (exact) mass is 300 g/mol. The second-order valence-corrected chi connectivity index (χ2v) is 5.22. The lowest BCUT2D eigenvalue weighted by atomic mass is 10.3. The van der Waals surface area contributed by atoms with Gasteiger partial charge in [0, 0.05) is 24.3 Å². The van der Waals surface area contributed by atoms with Crippen LogP contribution in [0.25, 0.3) is 0 Å². The number of aromatic nitrogens is 1. The molecule has 0 radical (unpaired) electrons. The molecule has 1 aromatic heterocycles. The Labute approximate surface area is 107 Å². The van der Waals surface area contributed by atoms with E-state index in [1.807, 2.05) is 0 Å². The van der Waals surface area contributed by atoms with E-state index in [2.05, 4.69) is 21.2 Å². The molecule has 0 saturated heterocycles. The van der Waals surface area contributed by atoms with Gasteiger partial charge in [-0.15, -0.1) is 0 Å². The van der Waals surface area contributed by atoms with E-state index in [1.54, 1.807) is 23.9 Å². The fourth-order valence-corrected chi connectivity index (χ4v) is 2.36. The number of amides is 1. The maximum Gasteiger partial charge on any atom is 0.306 e. The second-order valence-electron chi connectivity index (χ2n) is 4.31. The van der Waals surface area contributed by atoms with Crippen molar-refractivity contribution in [2.45, 2.75) is 6.42 Å². The van der Waals surface area contributed by atoms with Crippen LogP contribution in [0, 0.1) is 11.8 Å². The molecule has 92 valence electrons. The lowest BCUT2D eigenvalue weighted by Crippen LogP contribution is -2.28. The van der Waals surface area contributed by atoms with Gasteiger partial charge in [0.2, 0.25) is 0 Å². The number of carboxylic acids is 1. The Morgan fingerprint density at radius 1 is 1.65 bits per heavy atom. The number of hydrogen-bond donors (Lipinski definition) is 2. The van der Waals surface area contributed by atoms with E-state index in [9.17, 15) is 9.59 Å². The Morgan fingerprint density at radius 2 is 2.35 bits per heavy atom. The summed E-state index contributed by atoms with van der Waals surface area (Å²) >= 11 is 3.29. The maximum absolute atomic E-state index is 11.8. The molecule has 17 heavy (non-hydrogen) atoms. The van der Waals surface area contributed by atoms with Crippen LogP contribution < -0.4 is 5.32 Å². The summed E-state index contributed by atoms with van der Waals surface area (Å²) in [7, 11) is 1.79. The van der Waals surface area contributed by atoms with Crippen LogP contribution in [0.5, 0.6) is 0 Å². The normalized spacial score (nSPS) is 22.2. The predicted molar refractivity (Wildman–Crippen MR) is 64.7 cm³/mol. The summed E-state index contributed by atoms with van der Waals surface area (Å²) < 4.78 is 2.57. The van der Waals surface area contributed by atoms with E-state index in [-0.39, 0.29) is 17.7 Å². The predicted octanol–water partition coefficient (Wildman–Crippen LogP) is 1.24. The average molecular weight is 301 g/mol. The molecule has 1 aliphatic rings. The van der Waals surface area contributed by atoms with Crippen LogP contribution in [-0.2, 0) is 11.8 Å². The minimum Gasteiger partial charge on any atom is -0.481 e. The van der Waals surface area contributed by atoms with Crippen molar-refractivity contribution >= 4 is 27.8 Å². The molecule has 2 atom stereocenters. The van der Waals surface area contributed by atoms with Crippen LogP contribution in [0.3, 0.4) is 0 Å². The van der Waals surface area contributed by atoms with E-state index < -0.39 is 5.97 Å². The molecule has 1 saturated carbocycles. The third kappa shape index (κ3) is 2.69. The van der Waals surface area contributed by atoms with Gasteiger partial charge in [-0.25, -0.2) is 0 Å². The smallest absolute Gasteiger partial charge is 0.306 e. The molecule has 0 spiro atoms. The Morgan fingerprint density at radius 3 is 2.82 bits per heavy atom. The first-order valence-electron chi connectivity index (χ1n) is 5.32. The molecule has 0 unspecified atom stereocenters. The SMILES string of the molecule is Cn1cc(Br)cc1C(=O)NC[C@@H]1C[C@@H]1C(=O)O. The maximum atomic E-state index is 11.8. The van der Waals surface area contributed by atoms with Gasteiger partial charge in [0.05, 0.1) is 5.92 Å². The highest BCUT2D eigenvalue weighted by Gasteiger charge is 2.43. The summed E-state index contributed by atoms with van der Waals surface area (Å²) in [4.78, 5) is 22.4. The van der Waals surface area contributed by atoms with E-state index in [4.69, 9.17) is 5.11 Å². The summed E-state index contributed by atoms with van der Waals surface area (Å²) in [6.45, 7) is 0.429. The fraction of sp³-hybridized carbons (Fsp3) is 0.455. The van der Waals surface area contributed by atoms with Gasteiger partial charge < -0.3 is 15.0 Å². The third-order valence-electron chi connectivity index (χ3n) is 2.97. The van der Waals surface area contributed by atoms with Crippen molar-refractivity contribution < 1.29 is 14.7 Å². The molecule has 0 bridgehead atoms. The molecule has 1 fully saturated rings. The van der Waals surface area contributed by atoms with Crippen molar-refractivity contribution in [1.29, 1.82) is 0 Å². The minimum atomic E-state index is -0.772. The molecule has 1 amide bonds. The number of nitrogens with zero attached hydrogens (tertiary/aromatic N) is 1. The number of rotatable bonds is 4. The van der Waals surface area contributed by atoms with E-state index in [1.165, 1.54) is 0 Å². The molecule has 1 aliphatic carbocycles. The van der Waals surface area contributed by atoms with Gasteiger partial charge in [-0.3, -0.25) is 9.59 Å². The quantitative estimate of drug-likeness (QED) is 0.879. The number of nitrogens with one attached hydrogen (secondary N) is 1. The molecule has 2 N–H and O–H groups in total. The molecule has 1 heterocycles. The lowest BCUT2D eigenvalue weighted by molar-refractivity contribution is -0.138. The lowest BCUT2D eigenvalue weighted by Gasteiger charge is -2.04. The van der Waals surface area contributed by atoms with Gasteiger partial charge >= 0.3 is 5.97 Å². The van der Waals surface area contributed by atoms with Crippen molar-refractivity contribution in [3.05, 3.63) is 22.4 Å². The molecule has 2 rings (SSSR count). The van der Waals surface area contributed by atoms with Crippen molar-refractivity contribution in [2.24, 2.45) is 18.9 Å². The summed E-state index contributed by atoms with van der Waals surface area (Å²) in [6, 6.07) is 1.73. The Kier molecular flexibility index (Phi) is 3.24. The number of carbonyl (C=O) groups is 2. The first kappa shape index (κ1) is 12.2. The molecule has 0 aliphatic heterocycles. The topological polar surface area (TPSA) is 71.3 Å². The number of carboxylic acid groups (broad SMARTS) is 1. The number of carbonyl (C=O) groups excluding carboxylic acids is 1. The van der Waals surface area contributed by atoms with Gasteiger partial charge in [0.15, 0.2) is 0 Å². The van der Waals surface area contributed by atoms with Crippen molar-refractivity contribution in [3.8, 4) is 0 Å². The summed E-state index contributed by atoms with van der Waals surface area (Å²) in [5, 5.41) is 11.5. The Hall–Kier alpha value is -1.30. The van der Waals surface area contributed by atoms with Crippen LogP contribution in [0.15, 0.2) is 16.7 Å². The van der Waals surface area contributed by atoms with Gasteiger partial charge in [0.25, 0.3) is 5.91 Å². The zero-order valence-electron chi connectivity index (χ0n) is 9.31. The minimum absolute atomic E-state index is 0.0835. The van der Waals surface area contributed by atoms with Gasteiger partial charge in [0.1, 0.15) is 5.69 Å². The summed E-state index contributed by atoms with van der Waals surface area (Å²) in [5.74, 6) is -1.14. The molecular formula is C11H13BrN2O3. The summed E-state index contributed by atoms with van der Waals surface area (Å²) in [5.41, 5.74) is 0.560. The third-order valence-corrected chi connectivity index (χ3v) is 3.40. The van der Waals surface area contributed by atoms with Crippen LogP contribution in [0.2, 0.25) is 0 Å². The summed E-state index contributed by atoms with van der Waals surface area (Å²) in [6.07, 6.45) is 2.46. The van der Waals surface area contributed by atoms with E-state index in [0.717, 1.165) is 4.47 Å². The molecule has 0 aromatic carbocycles. The molecule has 5 nitrogen and oxygen atoms in total. The van der Waals surface area contributed by atoms with Crippen molar-refractivity contribution in [1.82, 2.24) is 9.88 Å². The zero-order valence-corrected chi connectivity index (χ0v) is 10.9. The van der Waals surface area contributed by atoms with Gasteiger partial charge in [-0.2, -0.15) is 0 Å². The Balaban J connectivity index is 1.87. The number of aryl methyl sites for hydroxylation is 1. The fourth-order valence-electron chi connectivity index (χ4n) is 1.84. The highest BCUT2D eigenvalue weighted by atomic mass is 79.9.